The number of amides is 4. The molecule has 14 nitrogen and oxygen atoms in total. The molecule has 0 bridgehead atoms. The molecule has 4 rings (SSSR count). The first kappa shape index (κ1) is 38.1. The third-order valence-electron chi connectivity index (χ3n) is 8.02. The molecule has 49 heavy (non-hydrogen) atoms. The van der Waals surface area contributed by atoms with E-state index in [1.54, 1.807) is 40.1 Å². The van der Waals surface area contributed by atoms with Gasteiger partial charge in [-0.25, -0.2) is 18.2 Å². The topological polar surface area (TPSA) is 196 Å². The number of fused-ring (bicyclic) bond motifs is 1. The van der Waals surface area contributed by atoms with Crippen LogP contribution in [0.15, 0.2) is 30.5 Å². The summed E-state index contributed by atoms with van der Waals surface area (Å²) in [5.41, 5.74) is 4.95. The van der Waals surface area contributed by atoms with Gasteiger partial charge in [0.1, 0.15) is 29.5 Å². The molecule has 1 saturated carbocycles. The van der Waals surface area contributed by atoms with E-state index in [1.807, 2.05) is 18.2 Å². The Morgan fingerprint density at radius 2 is 1.90 bits per heavy atom. The van der Waals surface area contributed by atoms with E-state index in [0.717, 1.165) is 30.0 Å². The Balaban J connectivity index is 1.32. The van der Waals surface area contributed by atoms with Gasteiger partial charge in [-0.15, -0.1) is 0 Å². The molecule has 2 aliphatic rings. The number of ether oxygens (including phenoxy) is 3. The van der Waals surface area contributed by atoms with Crippen molar-refractivity contribution in [1.29, 1.82) is 0 Å². The summed E-state index contributed by atoms with van der Waals surface area (Å²) in [6.45, 7) is 5.22. The van der Waals surface area contributed by atoms with E-state index in [0.29, 0.717) is 36.5 Å². The number of carbonyl (C=O) groups is 4. The molecular weight excluding hydrogens is 673 g/mol. The normalized spacial score (nSPS) is 18.4. The van der Waals surface area contributed by atoms with Crippen molar-refractivity contribution in [3.05, 3.63) is 30.5 Å². The number of methoxy groups -OCH3 is 1. The predicted octanol–water partition coefficient (Wildman–Crippen LogP) is 2.93. The van der Waals surface area contributed by atoms with E-state index in [1.165, 1.54) is 16.7 Å². The van der Waals surface area contributed by atoms with Gasteiger partial charge in [-0.3, -0.25) is 19.1 Å². The fraction of sp³-hybridized carbons (Fsp3) is 0.594. The summed E-state index contributed by atoms with van der Waals surface area (Å²) < 4.78 is 42.9. The van der Waals surface area contributed by atoms with Crippen molar-refractivity contribution < 1.29 is 41.8 Å². The van der Waals surface area contributed by atoms with Crippen molar-refractivity contribution in [2.45, 2.75) is 94.7 Å². The lowest BCUT2D eigenvalue weighted by Crippen LogP contribution is -2.54. The van der Waals surface area contributed by atoms with Crippen LogP contribution in [0.1, 0.15) is 59.3 Å². The highest BCUT2D eigenvalue weighted by atomic mass is 32.2. The second-order valence-corrected chi connectivity index (χ2v) is 16.4. The Morgan fingerprint density at radius 1 is 1.14 bits per heavy atom. The number of hydrogen-bond donors (Lipinski definition) is 3. The highest BCUT2D eigenvalue weighted by Gasteiger charge is 2.43. The van der Waals surface area contributed by atoms with Gasteiger partial charge in [0.25, 0.3) is 0 Å². The molecule has 1 saturated heterocycles. The van der Waals surface area contributed by atoms with Gasteiger partial charge in [0.05, 0.1) is 18.9 Å². The number of aromatic nitrogens is 1. The zero-order valence-corrected chi connectivity index (χ0v) is 30.1. The molecule has 1 aliphatic heterocycles. The average Bonchev–Trinajstić information content (AvgIpc) is 3.81. The first-order chi connectivity index (χ1) is 23.2. The number of rotatable bonds is 17. The minimum Gasteiger partial charge on any atom is -0.497 e. The van der Waals surface area contributed by atoms with Gasteiger partial charge in [-0.2, -0.15) is 11.8 Å². The fourth-order valence-electron chi connectivity index (χ4n) is 5.44. The lowest BCUT2D eigenvalue weighted by molar-refractivity contribution is -0.138. The Labute approximate surface area is 292 Å². The number of sulfonamides is 1. The molecule has 2 heterocycles. The van der Waals surface area contributed by atoms with Gasteiger partial charge < -0.3 is 30.2 Å². The van der Waals surface area contributed by atoms with Crippen molar-refractivity contribution in [2.24, 2.45) is 5.73 Å². The highest BCUT2D eigenvalue weighted by molar-refractivity contribution is 7.99. The van der Waals surface area contributed by atoms with Crippen LogP contribution in [-0.2, 0) is 24.3 Å². The molecule has 1 unspecified atom stereocenters. The van der Waals surface area contributed by atoms with Crippen LogP contribution in [-0.4, -0.2) is 103 Å². The van der Waals surface area contributed by atoms with Gasteiger partial charge in [-0.1, -0.05) is 19.2 Å². The number of carbonyl (C=O) groups excluding carboxylic acids is 4. The molecule has 17 heteroatoms. The number of benzene rings is 1. The number of nitrogens with two attached hydrogens (primary N) is 1. The van der Waals surface area contributed by atoms with E-state index in [9.17, 15) is 27.6 Å². The minimum atomic E-state index is -3.53. The van der Waals surface area contributed by atoms with Crippen molar-refractivity contribution in [3.63, 3.8) is 0 Å². The number of nitrogens with one attached hydrogen (secondary N) is 2. The lowest BCUT2D eigenvalue weighted by atomic mass is 9.72. The van der Waals surface area contributed by atoms with Crippen molar-refractivity contribution in [1.82, 2.24) is 19.9 Å². The Kier molecular flexibility index (Phi) is 13.0. The largest absolute Gasteiger partial charge is 0.497 e. The Bertz CT molecular complexity index is 1620. The molecule has 0 radical (unpaired) electrons. The minimum absolute atomic E-state index is 0.0629. The molecule has 4 N–H and O–H groups in total. The zero-order valence-electron chi connectivity index (χ0n) is 28.4. The lowest BCUT2D eigenvalue weighted by Gasteiger charge is -2.28. The van der Waals surface area contributed by atoms with Crippen molar-refractivity contribution >= 4 is 63.6 Å². The number of pyridine rings is 1. The third kappa shape index (κ3) is 11.4. The van der Waals surface area contributed by atoms with Crippen LogP contribution in [0, 0.1) is 0 Å². The van der Waals surface area contributed by atoms with Crippen molar-refractivity contribution in [3.8, 4) is 11.6 Å². The van der Waals surface area contributed by atoms with E-state index in [2.05, 4.69) is 15.0 Å². The molecule has 268 valence electrons. The molecule has 2 fully saturated rings. The maximum Gasteiger partial charge on any atom is 0.408 e. The third-order valence-corrected chi connectivity index (χ3v) is 11.0. The second kappa shape index (κ2) is 16.8. The maximum absolute atomic E-state index is 13.9. The second-order valence-electron chi connectivity index (χ2n) is 13.3. The summed E-state index contributed by atoms with van der Waals surface area (Å²) >= 11 is 1.46. The van der Waals surface area contributed by atoms with Crippen LogP contribution in [0.3, 0.4) is 0 Å². The molecule has 0 spiro atoms. The van der Waals surface area contributed by atoms with Crippen LogP contribution >= 0.6 is 11.8 Å². The van der Waals surface area contributed by atoms with E-state index in [-0.39, 0.29) is 26.0 Å². The number of hydrogen-bond acceptors (Lipinski definition) is 11. The molecule has 1 aromatic carbocycles. The summed E-state index contributed by atoms with van der Waals surface area (Å²) in [6, 6.07) is 5.36. The van der Waals surface area contributed by atoms with Gasteiger partial charge in [0.2, 0.25) is 35.0 Å². The monoisotopic (exact) mass is 719 g/mol. The van der Waals surface area contributed by atoms with E-state index >= 15 is 0 Å². The molecule has 4 amide bonds. The van der Waals surface area contributed by atoms with Gasteiger partial charge in [0.15, 0.2) is 5.81 Å². The first-order valence-corrected chi connectivity index (χ1v) is 19.2. The highest BCUT2D eigenvalue weighted by Crippen LogP contribution is 2.30. The predicted molar refractivity (Wildman–Crippen MR) is 189 cm³/mol. The Morgan fingerprint density at radius 3 is 2.57 bits per heavy atom. The van der Waals surface area contributed by atoms with Gasteiger partial charge >= 0.3 is 6.09 Å². The molecular formula is C32H46BN5O9S2. The molecule has 1 aliphatic carbocycles. The Hall–Kier alpha value is -3.73. The smallest absolute Gasteiger partial charge is 0.408 e. The number of alkyl carbamates (subject to hydrolysis) is 1. The van der Waals surface area contributed by atoms with Crippen LogP contribution in [0.4, 0.5) is 9.59 Å². The number of thioether (sulfide) groups is 1. The van der Waals surface area contributed by atoms with Crippen LogP contribution < -0.4 is 25.2 Å². The summed E-state index contributed by atoms with van der Waals surface area (Å²) in [7, 11) is -1.81. The maximum atomic E-state index is 13.9. The summed E-state index contributed by atoms with van der Waals surface area (Å²) in [5.74, 6) is 0.290. The first-order valence-electron chi connectivity index (χ1n) is 16.5. The standard InChI is InChI=1S/C32H46BN5O9S2/c1-32(2,3)47-31(42)36-25(19-48-15-7-5-6-13-33-30(41)37-49(43,44)23-9-10-23)29(40)38-18-22(17-26(38)27(34)39)46-28-24-11-8-21(45-4)16-20(24)12-14-35-28/h8,11-12,14,16,22-23,25-26,33H,5-7,9-10,13,15,17-19H2,1-4H3,(H2,34,39)(H,36,42)(H,37,41)/t22-,25+,26?/m1/s1. The average molecular weight is 720 g/mol. The van der Waals surface area contributed by atoms with Crippen molar-refractivity contribution in [2.75, 3.05) is 25.2 Å². The van der Waals surface area contributed by atoms with Gasteiger partial charge in [0, 0.05) is 23.8 Å². The number of likely N-dealkylation sites (tertiary alicyclic amines) is 1. The molecule has 2 aromatic rings. The van der Waals surface area contributed by atoms with Crippen LogP contribution in [0.5, 0.6) is 11.6 Å². The molecule has 1 aromatic heterocycles. The van der Waals surface area contributed by atoms with Crippen LogP contribution in [0.25, 0.3) is 10.8 Å². The SMILES string of the molecule is COc1ccc2c(O[C@@H]3CC(C(N)=O)N(C(=O)[C@H](CSCCCCCBC(=O)NS(=O)(=O)C4CC4)NC(=O)OC(C)(C)C)C3)nccc2c1. The number of nitrogens with zero attached hydrogens (tertiary/aromatic N) is 2. The van der Waals surface area contributed by atoms with Crippen LogP contribution in [0.2, 0.25) is 6.32 Å². The van der Waals surface area contributed by atoms with E-state index in [4.69, 9.17) is 19.9 Å². The van der Waals surface area contributed by atoms with E-state index < -0.39 is 62.8 Å². The number of unbranched alkanes of at least 4 members (excludes halogenated alkanes) is 2. The molecule has 3 atom stereocenters. The zero-order chi connectivity index (χ0) is 35.8. The number of primary amides is 1. The summed E-state index contributed by atoms with van der Waals surface area (Å²) in [5, 5.41) is 3.84. The fourth-order valence-corrected chi connectivity index (χ4v) is 7.82. The van der Waals surface area contributed by atoms with Gasteiger partial charge in [-0.05, 0) is 75.4 Å². The quantitative estimate of drug-likeness (QED) is 0.161. The summed E-state index contributed by atoms with van der Waals surface area (Å²) in [6.07, 6.45) is 4.52. The summed E-state index contributed by atoms with van der Waals surface area (Å²) in [4.78, 5) is 56.9.